The Morgan fingerprint density at radius 3 is 2.57 bits per heavy atom. The van der Waals surface area contributed by atoms with Crippen LogP contribution in [0.15, 0.2) is 42.5 Å². The lowest BCUT2D eigenvalue weighted by Crippen LogP contribution is -2.18. The third-order valence-electron chi connectivity index (χ3n) is 3.42. The first-order valence-electron chi connectivity index (χ1n) is 6.72. The van der Waals surface area contributed by atoms with Gasteiger partial charge in [0.05, 0.1) is 5.56 Å². The molecule has 0 unspecified atom stereocenters. The first-order valence-corrected chi connectivity index (χ1v) is 6.72. The zero-order valence-electron chi connectivity index (χ0n) is 12.1. The summed E-state index contributed by atoms with van der Waals surface area (Å²) >= 11 is 0. The Hall–Kier alpha value is -2.20. The highest BCUT2D eigenvalue weighted by Gasteiger charge is 2.12. The van der Waals surface area contributed by atoms with Gasteiger partial charge in [-0.15, -0.1) is 0 Å². The molecule has 4 heteroatoms. The minimum Gasteiger partial charge on any atom is -0.478 e. The highest BCUT2D eigenvalue weighted by molar-refractivity contribution is 5.88. The third-order valence-corrected chi connectivity index (χ3v) is 3.42. The number of hydrogen-bond donors (Lipinski definition) is 1. The van der Waals surface area contributed by atoms with Gasteiger partial charge in [-0.3, -0.25) is 4.90 Å². The molecule has 3 nitrogen and oxygen atoms in total. The van der Waals surface area contributed by atoms with Gasteiger partial charge >= 0.3 is 5.97 Å². The van der Waals surface area contributed by atoms with Gasteiger partial charge in [0.25, 0.3) is 0 Å². The van der Waals surface area contributed by atoms with Crippen LogP contribution in [0.1, 0.15) is 27.0 Å². The second-order valence-corrected chi connectivity index (χ2v) is 5.22. The van der Waals surface area contributed by atoms with E-state index in [1.165, 1.54) is 23.3 Å². The maximum atomic E-state index is 13.4. The Bertz CT molecular complexity index is 655. The van der Waals surface area contributed by atoms with E-state index in [-0.39, 0.29) is 5.56 Å². The molecular weight excluding hydrogens is 269 g/mol. The number of aryl methyl sites for hydroxylation is 1. The van der Waals surface area contributed by atoms with Crippen LogP contribution in [-0.4, -0.2) is 23.0 Å². The molecule has 0 fully saturated rings. The predicted octanol–water partition coefficient (Wildman–Crippen LogP) is 3.46. The van der Waals surface area contributed by atoms with Crippen LogP contribution in [0.3, 0.4) is 0 Å². The second-order valence-electron chi connectivity index (χ2n) is 5.22. The van der Waals surface area contributed by atoms with Gasteiger partial charge in [-0.05, 0) is 42.8 Å². The summed E-state index contributed by atoms with van der Waals surface area (Å²) in [6.07, 6.45) is 0. The van der Waals surface area contributed by atoms with Crippen molar-refractivity contribution in [3.8, 4) is 0 Å². The van der Waals surface area contributed by atoms with Crippen molar-refractivity contribution in [2.75, 3.05) is 7.05 Å². The fourth-order valence-electron chi connectivity index (χ4n) is 2.28. The molecule has 0 radical (unpaired) electrons. The van der Waals surface area contributed by atoms with Crippen molar-refractivity contribution in [3.05, 3.63) is 70.5 Å². The minimum absolute atomic E-state index is 0.281. The summed E-state index contributed by atoms with van der Waals surface area (Å²) in [6.45, 7) is 3.38. The summed E-state index contributed by atoms with van der Waals surface area (Å²) in [6, 6.07) is 12.3. The van der Waals surface area contributed by atoms with E-state index in [9.17, 15) is 9.18 Å². The lowest BCUT2D eigenvalue weighted by Gasteiger charge is -2.18. The van der Waals surface area contributed by atoms with Gasteiger partial charge < -0.3 is 5.11 Å². The molecule has 0 saturated carbocycles. The first-order chi connectivity index (χ1) is 9.97. The molecule has 0 bridgehead atoms. The molecule has 0 atom stereocenters. The van der Waals surface area contributed by atoms with Crippen LogP contribution in [0.4, 0.5) is 4.39 Å². The van der Waals surface area contributed by atoms with Crippen molar-refractivity contribution >= 4 is 5.97 Å². The molecular formula is C17H18FNO2. The van der Waals surface area contributed by atoms with Crippen molar-refractivity contribution in [2.45, 2.75) is 20.0 Å². The van der Waals surface area contributed by atoms with E-state index in [1.807, 2.05) is 19.2 Å². The maximum Gasteiger partial charge on any atom is 0.338 e. The molecule has 2 aromatic carbocycles. The summed E-state index contributed by atoms with van der Waals surface area (Å²) < 4.78 is 13.4. The monoisotopic (exact) mass is 287 g/mol. The number of benzene rings is 2. The highest BCUT2D eigenvalue weighted by Crippen LogP contribution is 2.15. The van der Waals surface area contributed by atoms with E-state index < -0.39 is 11.8 Å². The van der Waals surface area contributed by atoms with Crippen LogP contribution >= 0.6 is 0 Å². The molecule has 0 aliphatic carbocycles. The average molecular weight is 287 g/mol. The maximum absolute atomic E-state index is 13.4. The lowest BCUT2D eigenvalue weighted by molar-refractivity contribution is 0.0691. The number of carbonyl (C=O) groups is 1. The van der Waals surface area contributed by atoms with E-state index in [0.717, 1.165) is 12.1 Å². The molecule has 0 aromatic heterocycles. The summed E-state index contributed by atoms with van der Waals surface area (Å²) in [5.41, 5.74) is 2.94. The largest absolute Gasteiger partial charge is 0.478 e. The van der Waals surface area contributed by atoms with E-state index in [4.69, 9.17) is 5.11 Å². The molecule has 110 valence electrons. The summed E-state index contributed by atoms with van der Waals surface area (Å²) in [5.74, 6) is -1.94. The SMILES string of the molecule is Cc1ccccc1CN(C)Cc1ccc(F)c(C(=O)O)c1. The number of nitrogens with zero attached hydrogens (tertiary/aromatic N) is 1. The molecule has 2 aromatic rings. The number of aromatic carboxylic acids is 1. The topological polar surface area (TPSA) is 40.5 Å². The highest BCUT2D eigenvalue weighted by atomic mass is 19.1. The van der Waals surface area contributed by atoms with Crippen LogP contribution in [0, 0.1) is 12.7 Å². The van der Waals surface area contributed by atoms with E-state index in [2.05, 4.69) is 24.0 Å². The number of carboxylic acid groups (broad SMARTS) is 1. The fraction of sp³-hybridized carbons (Fsp3) is 0.235. The summed E-state index contributed by atoms with van der Waals surface area (Å²) in [5, 5.41) is 8.94. The van der Waals surface area contributed by atoms with Gasteiger partial charge in [-0.2, -0.15) is 0 Å². The van der Waals surface area contributed by atoms with Crippen molar-refractivity contribution in [1.82, 2.24) is 4.90 Å². The molecule has 0 saturated heterocycles. The van der Waals surface area contributed by atoms with E-state index in [1.54, 1.807) is 6.07 Å². The van der Waals surface area contributed by atoms with E-state index in [0.29, 0.717) is 6.54 Å². The van der Waals surface area contributed by atoms with Crippen molar-refractivity contribution in [2.24, 2.45) is 0 Å². The molecule has 0 amide bonds. The molecule has 2 rings (SSSR count). The van der Waals surface area contributed by atoms with Crippen molar-refractivity contribution in [1.29, 1.82) is 0 Å². The predicted molar refractivity (Wildman–Crippen MR) is 79.7 cm³/mol. The lowest BCUT2D eigenvalue weighted by atomic mass is 10.1. The number of halogens is 1. The van der Waals surface area contributed by atoms with Crippen LogP contribution in [0.5, 0.6) is 0 Å². The van der Waals surface area contributed by atoms with Gasteiger partial charge in [0.15, 0.2) is 0 Å². The molecule has 21 heavy (non-hydrogen) atoms. The van der Waals surface area contributed by atoms with Gasteiger partial charge in [-0.1, -0.05) is 30.3 Å². The van der Waals surface area contributed by atoms with Crippen molar-refractivity contribution < 1.29 is 14.3 Å². The summed E-state index contributed by atoms with van der Waals surface area (Å²) in [7, 11) is 1.95. The molecule has 1 N–H and O–H groups in total. The zero-order chi connectivity index (χ0) is 15.4. The minimum atomic E-state index is -1.24. The second kappa shape index (κ2) is 6.50. The van der Waals surface area contributed by atoms with Gasteiger partial charge in [0, 0.05) is 13.1 Å². The van der Waals surface area contributed by atoms with Gasteiger partial charge in [-0.25, -0.2) is 9.18 Å². The Balaban J connectivity index is 2.09. The van der Waals surface area contributed by atoms with E-state index >= 15 is 0 Å². The van der Waals surface area contributed by atoms with Crippen LogP contribution in [-0.2, 0) is 13.1 Å². The average Bonchev–Trinajstić information content (AvgIpc) is 2.43. The number of rotatable bonds is 5. The smallest absolute Gasteiger partial charge is 0.338 e. The molecule has 0 aliphatic heterocycles. The van der Waals surface area contributed by atoms with Gasteiger partial charge in [0.2, 0.25) is 0 Å². The Morgan fingerprint density at radius 1 is 1.19 bits per heavy atom. The standard InChI is InChI=1S/C17H18FNO2/c1-12-5-3-4-6-14(12)11-19(2)10-13-7-8-16(18)15(9-13)17(20)21/h3-9H,10-11H2,1-2H3,(H,20,21). The quantitative estimate of drug-likeness (QED) is 0.915. The van der Waals surface area contributed by atoms with Crippen molar-refractivity contribution in [3.63, 3.8) is 0 Å². The molecule has 0 aliphatic rings. The zero-order valence-corrected chi connectivity index (χ0v) is 12.1. The fourth-order valence-corrected chi connectivity index (χ4v) is 2.28. The number of hydrogen-bond acceptors (Lipinski definition) is 2. The van der Waals surface area contributed by atoms with Crippen LogP contribution < -0.4 is 0 Å². The Morgan fingerprint density at radius 2 is 1.90 bits per heavy atom. The molecule has 0 heterocycles. The Labute approximate surface area is 123 Å². The first kappa shape index (κ1) is 15.2. The number of carboxylic acids is 1. The molecule has 0 spiro atoms. The third kappa shape index (κ3) is 3.89. The summed E-state index contributed by atoms with van der Waals surface area (Å²) in [4.78, 5) is 13.0. The van der Waals surface area contributed by atoms with Gasteiger partial charge in [0.1, 0.15) is 5.82 Å². The normalized spacial score (nSPS) is 10.9. The van der Waals surface area contributed by atoms with Crippen LogP contribution in [0.2, 0.25) is 0 Å². The Kier molecular flexibility index (Phi) is 4.70. The van der Waals surface area contributed by atoms with Crippen LogP contribution in [0.25, 0.3) is 0 Å².